The summed E-state index contributed by atoms with van der Waals surface area (Å²) in [5.74, 6) is 0.0619. The molecule has 2 atom stereocenters. The van der Waals surface area contributed by atoms with E-state index in [4.69, 9.17) is 0 Å². The average molecular weight is 367 g/mol. The third kappa shape index (κ3) is 5.21. The van der Waals surface area contributed by atoms with Crippen LogP contribution in [0.25, 0.3) is 0 Å². The lowest BCUT2D eigenvalue weighted by Gasteiger charge is -2.29. The number of halogens is 1. The van der Waals surface area contributed by atoms with Crippen LogP contribution in [-0.4, -0.2) is 35.1 Å². The van der Waals surface area contributed by atoms with Crippen molar-refractivity contribution in [3.05, 3.63) is 35.6 Å². The molecule has 0 aliphatic carbocycles. The van der Waals surface area contributed by atoms with Crippen molar-refractivity contribution in [3.8, 4) is 0 Å². The Hall–Kier alpha value is -1.56. The molecule has 0 saturated carbocycles. The van der Waals surface area contributed by atoms with E-state index in [0.717, 1.165) is 31.2 Å². The Kier molecular flexibility index (Phi) is 7.75. The van der Waals surface area contributed by atoms with E-state index >= 15 is 0 Å². The molecule has 4 nitrogen and oxygen atoms in total. The molecule has 0 aromatic heterocycles. The van der Waals surface area contributed by atoms with Gasteiger partial charge < -0.3 is 10.2 Å². The van der Waals surface area contributed by atoms with Gasteiger partial charge in [0.05, 0.1) is 0 Å². The van der Waals surface area contributed by atoms with Crippen molar-refractivity contribution < 1.29 is 14.0 Å². The minimum atomic E-state index is -0.487. The first-order valence-electron chi connectivity index (χ1n) is 9.04. The number of carbonyl (C=O) groups excluding carboxylic acids is 2. The van der Waals surface area contributed by atoms with Crippen LogP contribution in [0.15, 0.2) is 24.3 Å². The number of nitrogens with one attached hydrogen (secondary N) is 1. The Morgan fingerprint density at radius 2 is 2.08 bits per heavy atom. The molecule has 2 amide bonds. The van der Waals surface area contributed by atoms with Crippen molar-refractivity contribution in [3.63, 3.8) is 0 Å². The molecule has 0 radical (unpaired) electrons. The maximum absolute atomic E-state index is 13.6. The molecule has 2 unspecified atom stereocenters. The Balaban J connectivity index is 2.13. The average Bonchev–Trinajstić information content (AvgIpc) is 3.04. The predicted octanol–water partition coefficient (Wildman–Crippen LogP) is 3.87. The quantitative estimate of drug-likeness (QED) is 0.711. The zero-order chi connectivity index (χ0) is 18.2. The van der Waals surface area contributed by atoms with Crippen molar-refractivity contribution in [2.24, 2.45) is 0 Å². The van der Waals surface area contributed by atoms with Crippen molar-refractivity contribution in [1.82, 2.24) is 10.2 Å². The molecule has 25 heavy (non-hydrogen) atoms. The van der Waals surface area contributed by atoms with E-state index in [-0.39, 0.29) is 23.0 Å². The summed E-state index contributed by atoms with van der Waals surface area (Å²) in [6.07, 6.45) is 4.23. The molecule has 1 aliphatic heterocycles. The number of hydrogen-bond acceptors (Lipinski definition) is 3. The summed E-state index contributed by atoms with van der Waals surface area (Å²) in [5, 5.41) is 2.65. The minimum Gasteiger partial charge on any atom is -0.354 e. The fourth-order valence-electron chi connectivity index (χ4n) is 2.98. The maximum Gasteiger partial charge on any atom is 0.243 e. The van der Waals surface area contributed by atoms with E-state index in [1.165, 1.54) is 23.9 Å². The Morgan fingerprint density at radius 1 is 1.28 bits per heavy atom. The topological polar surface area (TPSA) is 49.4 Å². The second-order valence-corrected chi connectivity index (χ2v) is 7.42. The second-order valence-electron chi connectivity index (χ2n) is 6.31. The number of rotatable bonds is 8. The number of nitrogens with zero attached hydrogens (tertiary/aromatic N) is 1. The lowest BCUT2D eigenvalue weighted by molar-refractivity contribution is -0.139. The highest BCUT2D eigenvalue weighted by atomic mass is 32.2. The molecule has 1 aromatic carbocycles. The molecule has 138 valence electrons. The standard InChI is InChI=1S/C19H27FN2O2S/c1-3-5-6-11-21-18(24)16-13-25-19(22(16)17(23)8-4-2)14-9-7-10-15(20)12-14/h7,9-10,12,16,19H,3-6,8,11,13H2,1-2H3,(H,21,24). The fourth-order valence-corrected chi connectivity index (χ4v) is 4.42. The fraction of sp³-hybridized carbons (Fsp3) is 0.579. The molecule has 0 spiro atoms. The normalized spacial score (nSPS) is 19.9. The van der Waals surface area contributed by atoms with Gasteiger partial charge in [-0.05, 0) is 30.5 Å². The third-order valence-electron chi connectivity index (χ3n) is 4.27. The number of amides is 2. The van der Waals surface area contributed by atoms with Crippen molar-refractivity contribution in [1.29, 1.82) is 0 Å². The second kappa shape index (κ2) is 9.80. The van der Waals surface area contributed by atoms with Crippen LogP contribution in [0, 0.1) is 5.82 Å². The van der Waals surface area contributed by atoms with Crippen LogP contribution in [0.1, 0.15) is 56.9 Å². The molecule has 1 N–H and O–H groups in total. The van der Waals surface area contributed by atoms with Crippen LogP contribution >= 0.6 is 11.8 Å². The molecule has 0 bridgehead atoms. The summed E-state index contributed by atoms with van der Waals surface area (Å²) in [6.45, 7) is 4.69. The molecule has 1 saturated heterocycles. The third-order valence-corrected chi connectivity index (χ3v) is 5.59. The molecular weight excluding hydrogens is 339 g/mol. The summed E-state index contributed by atoms with van der Waals surface area (Å²) < 4.78 is 13.6. The summed E-state index contributed by atoms with van der Waals surface area (Å²) in [5.41, 5.74) is 0.732. The van der Waals surface area contributed by atoms with Crippen molar-refractivity contribution >= 4 is 23.6 Å². The van der Waals surface area contributed by atoms with Gasteiger partial charge in [-0.1, -0.05) is 38.8 Å². The smallest absolute Gasteiger partial charge is 0.243 e. The van der Waals surface area contributed by atoms with Crippen molar-refractivity contribution in [2.45, 2.75) is 57.4 Å². The summed E-state index contributed by atoms with van der Waals surface area (Å²) in [7, 11) is 0. The Morgan fingerprint density at radius 3 is 2.76 bits per heavy atom. The van der Waals surface area contributed by atoms with Crippen LogP contribution in [0.5, 0.6) is 0 Å². The van der Waals surface area contributed by atoms with Gasteiger partial charge in [-0.25, -0.2) is 4.39 Å². The van der Waals surface area contributed by atoms with Crippen LogP contribution in [-0.2, 0) is 9.59 Å². The largest absolute Gasteiger partial charge is 0.354 e. The first-order chi connectivity index (χ1) is 12.1. The van der Waals surface area contributed by atoms with E-state index in [2.05, 4.69) is 12.2 Å². The van der Waals surface area contributed by atoms with Gasteiger partial charge in [0.2, 0.25) is 11.8 Å². The zero-order valence-corrected chi connectivity index (χ0v) is 15.8. The number of carbonyl (C=O) groups is 2. The van der Waals surface area contributed by atoms with Gasteiger partial charge in [0.25, 0.3) is 0 Å². The first-order valence-corrected chi connectivity index (χ1v) is 10.1. The van der Waals surface area contributed by atoms with E-state index in [9.17, 15) is 14.0 Å². The van der Waals surface area contributed by atoms with Crippen LogP contribution < -0.4 is 5.32 Å². The SMILES string of the molecule is CCCCCNC(=O)C1CSC(c2cccc(F)c2)N1C(=O)CCC. The van der Waals surface area contributed by atoms with E-state index < -0.39 is 6.04 Å². The van der Waals surface area contributed by atoms with Gasteiger partial charge >= 0.3 is 0 Å². The number of thioether (sulfide) groups is 1. The zero-order valence-electron chi connectivity index (χ0n) is 15.0. The van der Waals surface area contributed by atoms with Crippen LogP contribution in [0.2, 0.25) is 0 Å². The molecule has 1 heterocycles. The van der Waals surface area contributed by atoms with Gasteiger partial charge in [0.15, 0.2) is 0 Å². The Bertz CT molecular complexity index is 597. The molecule has 1 fully saturated rings. The van der Waals surface area contributed by atoms with Gasteiger partial charge in [-0.2, -0.15) is 0 Å². The number of unbranched alkanes of at least 4 members (excludes halogenated alkanes) is 2. The number of benzene rings is 1. The highest BCUT2D eigenvalue weighted by Crippen LogP contribution is 2.42. The minimum absolute atomic E-state index is 0.0459. The van der Waals surface area contributed by atoms with E-state index in [1.807, 2.05) is 13.0 Å². The van der Waals surface area contributed by atoms with Crippen molar-refractivity contribution in [2.75, 3.05) is 12.3 Å². The lowest BCUT2D eigenvalue weighted by Crippen LogP contribution is -2.48. The van der Waals surface area contributed by atoms with Gasteiger partial charge in [0, 0.05) is 18.7 Å². The number of hydrogen-bond donors (Lipinski definition) is 1. The maximum atomic E-state index is 13.6. The van der Waals surface area contributed by atoms with E-state index in [1.54, 1.807) is 11.0 Å². The van der Waals surface area contributed by atoms with Crippen LogP contribution in [0.4, 0.5) is 4.39 Å². The van der Waals surface area contributed by atoms with E-state index in [0.29, 0.717) is 18.7 Å². The molecule has 1 aliphatic rings. The molecular formula is C19H27FN2O2S. The highest BCUT2D eigenvalue weighted by molar-refractivity contribution is 7.99. The Labute approximate surface area is 153 Å². The monoisotopic (exact) mass is 366 g/mol. The lowest BCUT2D eigenvalue weighted by atomic mass is 10.1. The predicted molar refractivity (Wildman–Crippen MR) is 99.7 cm³/mol. The summed E-state index contributed by atoms with van der Waals surface area (Å²) in [6, 6.07) is 5.81. The summed E-state index contributed by atoms with van der Waals surface area (Å²) in [4.78, 5) is 26.9. The van der Waals surface area contributed by atoms with Gasteiger partial charge in [-0.15, -0.1) is 11.8 Å². The molecule has 6 heteroatoms. The van der Waals surface area contributed by atoms with Crippen LogP contribution in [0.3, 0.4) is 0 Å². The molecule has 2 rings (SSSR count). The highest BCUT2D eigenvalue weighted by Gasteiger charge is 2.41. The van der Waals surface area contributed by atoms with Gasteiger partial charge in [-0.3, -0.25) is 9.59 Å². The van der Waals surface area contributed by atoms with Gasteiger partial charge in [0.1, 0.15) is 17.2 Å². The first kappa shape index (κ1) is 19.8. The molecule has 1 aromatic rings. The summed E-state index contributed by atoms with van der Waals surface area (Å²) >= 11 is 1.52.